The van der Waals surface area contributed by atoms with Crippen LogP contribution in [-0.2, 0) is 33.4 Å². The summed E-state index contributed by atoms with van der Waals surface area (Å²) in [5.41, 5.74) is 2.63. The zero-order valence-electron chi connectivity index (χ0n) is 12.9. The van der Waals surface area contributed by atoms with Gasteiger partial charge < -0.3 is 9.42 Å². The van der Waals surface area contributed by atoms with Crippen molar-refractivity contribution in [3.8, 4) is 0 Å². The molecule has 0 saturated carbocycles. The summed E-state index contributed by atoms with van der Waals surface area (Å²) in [6.07, 6.45) is 0.754. The zero-order chi connectivity index (χ0) is 16.4. The molecule has 0 atom stereocenters. The summed E-state index contributed by atoms with van der Waals surface area (Å²) in [6, 6.07) is 9.48. The number of benzene rings is 1. The highest BCUT2D eigenvalue weighted by Crippen LogP contribution is 2.19. The minimum absolute atomic E-state index is 0.277. The Hall–Kier alpha value is -2.15. The lowest BCUT2D eigenvalue weighted by Gasteiger charge is -2.28. The Morgan fingerprint density at radius 3 is 2.74 bits per heavy atom. The highest BCUT2D eigenvalue weighted by Gasteiger charge is 2.26. The second kappa shape index (κ2) is 6.16. The molecule has 0 bridgehead atoms. The Labute approximate surface area is 135 Å². The molecule has 3 rings (SSSR count). The second-order valence-corrected chi connectivity index (χ2v) is 7.86. The molecular formula is C16H18N2O4S. The van der Waals surface area contributed by atoms with Crippen molar-refractivity contribution in [2.45, 2.75) is 25.6 Å². The summed E-state index contributed by atoms with van der Waals surface area (Å²) in [4.78, 5) is 13.9. The highest BCUT2D eigenvalue weighted by atomic mass is 32.2. The molecule has 2 heterocycles. The molecule has 0 fully saturated rings. The summed E-state index contributed by atoms with van der Waals surface area (Å²) in [7, 11) is -3.56. The van der Waals surface area contributed by atoms with Gasteiger partial charge in [0.1, 0.15) is 11.5 Å². The molecule has 1 amide bonds. The van der Waals surface area contributed by atoms with Crippen LogP contribution in [0.5, 0.6) is 0 Å². The quantitative estimate of drug-likeness (QED) is 0.846. The number of rotatable bonds is 4. The minimum atomic E-state index is -3.56. The first kappa shape index (κ1) is 15.7. The molecular weight excluding hydrogens is 316 g/mol. The van der Waals surface area contributed by atoms with Crippen molar-refractivity contribution in [1.29, 1.82) is 0 Å². The van der Waals surface area contributed by atoms with E-state index in [-0.39, 0.29) is 11.7 Å². The first-order chi connectivity index (χ1) is 10.9. The van der Waals surface area contributed by atoms with Gasteiger partial charge in [0.25, 0.3) is 0 Å². The monoisotopic (exact) mass is 334 g/mol. The largest absolute Gasteiger partial charge is 0.361 e. The lowest BCUT2D eigenvalue weighted by molar-refractivity contribution is -0.129. The molecule has 0 N–H and O–H groups in total. The smallest absolute Gasteiger partial charge is 0.238 e. The van der Waals surface area contributed by atoms with Crippen LogP contribution in [0.15, 0.2) is 34.9 Å². The summed E-state index contributed by atoms with van der Waals surface area (Å²) < 4.78 is 29.2. The third-order valence-corrected chi connectivity index (χ3v) is 5.29. The number of hydrogen-bond donors (Lipinski definition) is 0. The van der Waals surface area contributed by atoms with Crippen molar-refractivity contribution in [3.05, 3.63) is 52.9 Å². The number of nitrogens with zero attached hydrogens (tertiary/aromatic N) is 2. The van der Waals surface area contributed by atoms with Crippen molar-refractivity contribution in [3.63, 3.8) is 0 Å². The van der Waals surface area contributed by atoms with E-state index in [1.54, 1.807) is 17.9 Å². The molecule has 1 aliphatic heterocycles. The summed E-state index contributed by atoms with van der Waals surface area (Å²) in [6.45, 7) is 2.71. The minimum Gasteiger partial charge on any atom is -0.361 e. The van der Waals surface area contributed by atoms with Gasteiger partial charge in [-0.25, -0.2) is 8.42 Å². The van der Waals surface area contributed by atoms with Crippen molar-refractivity contribution >= 4 is 15.7 Å². The van der Waals surface area contributed by atoms with Crippen molar-refractivity contribution in [2.75, 3.05) is 12.3 Å². The number of sulfone groups is 1. The molecule has 1 aromatic heterocycles. The fourth-order valence-corrected chi connectivity index (χ4v) is 4.00. The van der Waals surface area contributed by atoms with Gasteiger partial charge in [0.2, 0.25) is 5.91 Å². The van der Waals surface area contributed by atoms with Crippen LogP contribution in [0.2, 0.25) is 0 Å². The molecule has 122 valence electrons. The average Bonchev–Trinajstić information content (AvgIpc) is 2.90. The Morgan fingerprint density at radius 1 is 1.30 bits per heavy atom. The fraction of sp³-hybridized carbons (Fsp3) is 0.375. The standard InChI is InChI=1S/C16H18N2O4S/c1-12-8-15(17-22-12)10-23(20,21)11-16(19)18-7-6-13-4-2-3-5-14(13)9-18/h2-5,8H,6-7,9-11H2,1H3. The highest BCUT2D eigenvalue weighted by molar-refractivity contribution is 7.91. The van der Waals surface area contributed by atoms with Crippen molar-refractivity contribution in [1.82, 2.24) is 10.1 Å². The number of amides is 1. The summed E-state index contributed by atoms with van der Waals surface area (Å²) in [5.74, 6) is -0.587. The van der Waals surface area contributed by atoms with Gasteiger partial charge in [-0.3, -0.25) is 4.79 Å². The topological polar surface area (TPSA) is 80.5 Å². The maximum absolute atomic E-state index is 12.3. The van der Waals surface area contributed by atoms with E-state index in [4.69, 9.17) is 4.52 Å². The third kappa shape index (κ3) is 3.79. The number of aromatic nitrogens is 1. The number of fused-ring (bicyclic) bond motifs is 1. The van der Waals surface area contributed by atoms with Gasteiger partial charge in [-0.15, -0.1) is 0 Å². The zero-order valence-corrected chi connectivity index (χ0v) is 13.7. The van der Waals surface area contributed by atoms with Crippen LogP contribution in [0.3, 0.4) is 0 Å². The van der Waals surface area contributed by atoms with Crippen molar-refractivity contribution in [2.24, 2.45) is 0 Å². The van der Waals surface area contributed by atoms with E-state index in [9.17, 15) is 13.2 Å². The second-order valence-electron chi connectivity index (χ2n) is 5.80. The van der Waals surface area contributed by atoms with E-state index in [1.165, 1.54) is 5.56 Å². The molecule has 0 spiro atoms. The van der Waals surface area contributed by atoms with Gasteiger partial charge in [-0.05, 0) is 24.5 Å². The van der Waals surface area contributed by atoms with E-state index in [2.05, 4.69) is 5.16 Å². The lowest BCUT2D eigenvalue weighted by Crippen LogP contribution is -2.39. The predicted molar refractivity (Wildman–Crippen MR) is 84.3 cm³/mol. The average molecular weight is 334 g/mol. The van der Waals surface area contributed by atoms with Crippen LogP contribution in [-0.4, -0.2) is 36.7 Å². The molecule has 23 heavy (non-hydrogen) atoms. The van der Waals surface area contributed by atoms with Crippen molar-refractivity contribution < 1.29 is 17.7 Å². The first-order valence-corrected chi connectivity index (χ1v) is 9.22. The molecule has 6 nitrogen and oxygen atoms in total. The van der Waals surface area contributed by atoms with Gasteiger partial charge in [0, 0.05) is 19.2 Å². The Balaban J connectivity index is 1.65. The number of hydrogen-bond acceptors (Lipinski definition) is 5. The van der Waals surface area contributed by atoms with E-state index in [0.717, 1.165) is 12.0 Å². The van der Waals surface area contributed by atoms with E-state index >= 15 is 0 Å². The van der Waals surface area contributed by atoms with Crippen LogP contribution in [0.4, 0.5) is 0 Å². The van der Waals surface area contributed by atoms with Crippen LogP contribution in [0, 0.1) is 6.92 Å². The van der Waals surface area contributed by atoms with Gasteiger partial charge in [0.05, 0.1) is 11.4 Å². The summed E-state index contributed by atoms with van der Waals surface area (Å²) in [5, 5.41) is 3.67. The van der Waals surface area contributed by atoms with Gasteiger partial charge in [0.15, 0.2) is 9.84 Å². The maximum Gasteiger partial charge on any atom is 0.238 e. The molecule has 7 heteroatoms. The SMILES string of the molecule is Cc1cc(CS(=O)(=O)CC(=O)N2CCc3ccccc3C2)no1. The molecule has 1 aliphatic rings. The number of aryl methyl sites for hydroxylation is 1. The molecule has 1 aromatic carbocycles. The molecule has 0 unspecified atom stereocenters. The first-order valence-electron chi connectivity index (χ1n) is 7.40. The van der Waals surface area contributed by atoms with Crippen LogP contribution >= 0.6 is 0 Å². The predicted octanol–water partition coefficient (Wildman–Crippen LogP) is 1.48. The maximum atomic E-state index is 12.3. The van der Waals surface area contributed by atoms with Gasteiger partial charge in [-0.1, -0.05) is 29.4 Å². The lowest BCUT2D eigenvalue weighted by atomic mass is 10.00. The molecule has 0 radical (unpaired) electrons. The number of carbonyl (C=O) groups is 1. The normalized spacial score (nSPS) is 14.6. The third-order valence-electron chi connectivity index (χ3n) is 3.87. The Morgan fingerprint density at radius 2 is 2.04 bits per heavy atom. The number of carbonyl (C=O) groups excluding carboxylic acids is 1. The Kier molecular flexibility index (Phi) is 4.21. The van der Waals surface area contributed by atoms with Crippen LogP contribution < -0.4 is 0 Å². The fourth-order valence-electron chi connectivity index (χ4n) is 2.75. The summed E-state index contributed by atoms with van der Waals surface area (Å²) >= 11 is 0. The van der Waals surface area contributed by atoms with Crippen LogP contribution in [0.1, 0.15) is 22.6 Å². The van der Waals surface area contributed by atoms with E-state index in [0.29, 0.717) is 24.5 Å². The molecule has 0 saturated heterocycles. The van der Waals surface area contributed by atoms with Crippen LogP contribution in [0.25, 0.3) is 0 Å². The molecule has 2 aromatic rings. The van der Waals surface area contributed by atoms with Gasteiger partial charge >= 0.3 is 0 Å². The molecule has 0 aliphatic carbocycles. The van der Waals surface area contributed by atoms with E-state index < -0.39 is 15.6 Å². The van der Waals surface area contributed by atoms with Gasteiger partial charge in [-0.2, -0.15) is 0 Å². The Bertz CT molecular complexity index is 826. The van der Waals surface area contributed by atoms with E-state index in [1.807, 2.05) is 24.3 Å².